The molecule has 1 fully saturated rings. The zero-order chi connectivity index (χ0) is 16.8. The molecule has 2 unspecified atom stereocenters. The Hall–Kier alpha value is -1.59. The lowest BCUT2D eigenvalue weighted by Crippen LogP contribution is -2.50. The third kappa shape index (κ3) is 5.52. The number of benzene rings is 1. The van der Waals surface area contributed by atoms with Crippen molar-refractivity contribution in [2.75, 3.05) is 13.1 Å². The maximum atomic E-state index is 12.5. The molecule has 0 aromatic heterocycles. The smallest absolute Gasteiger partial charge is 0.251 e. The molecular formula is C17H24ClN3O2. The van der Waals surface area contributed by atoms with E-state index < -0.39 is 6.04 Å². The van der Waals surface area contributed by atoms with Crippen molar-refractivity contribution in [3.05, 3.63) is 34.9 Å². The fourth-order valence-corrected chi connectivity index (χ4v) is 2.75. The summed E-state index contributed by atoms with van der Waals surface area (Å²) in [6.07, 6.45) is 1.52. The van der Waals surface area contributed by atoms with Gasteiger partial charge < -0.3 is 16.0 Å². The second kappa shape index (κ2) is 8.31. The van der Waals surface area contributed by atoms with Gasteiger partial charge in [0.2, 0.25) is 5.91 Å². The van der Waals surface area contributed by atoms with Gasteiger partial charge >= 0.3 is 0 Å². The van der Waals surface area contributed by atoms with E-state index in [1.807, 2.05) is 13.8 Å². The van der Waals surface area contributed by atoms with E-state index in [1.165, 1.54) is 0 Å². The number of carbonyl (C=O) groups excluding carboxylic acids is 2. The van der Waals surface area contributed by atoms with Gasteiger partial charge in [-0.2, -0.15) is 0 Å². The number of nitrogens with one attached hydrogen (secondary N) is 3. The highest BCUT2D eigenvalue weighted by atomic mass is 35.5. The Morgan fingerprint density at radius 2 is 2.00 bits per heavy atom. The van der Waals surface area contributed by atoms with Crippen LogP contribution in [-0.4, -0.2) is 37.0 Å². The molecule has 0 saturated carbocycles. The van der Waals surface area contributed by atoms with Crippen molar-refractivity contribution in [3.63, 3.8) is 0 Å². The summed E-state index contributed by atoms with van der Waals surface area (Å²) in [5, 5.41) is 9.65. The third-order valence-electron chi connectivity index (χ3n) is 3.84. The lowest BCUT2D eigenvalue weighted by molar-refractivity contribution is -0.123. The fourth-order valence-electron chi connectivity index (χ4n) is 2.63. The molecule has 3 N–H and O–H groups in total. The van der Waals surface area contributed by atoms with Gasteiger partial charge in [0.25, 0.3) is 5.91 Å². The van der Waals surface area contributed by atoms with Crippen molar-refractivity contribution in [2.24, 2.45) is 5.92 Å². The van der Waals surface area contributed by atoms with E-state index in [-0.39, 0.29) is 17.9 Å². The Morgan fingerprint density at radius 3 is 2.57 bits per heavy atom. The fraction of sp³-hybridized carbons (Fsp3) is 0.529. The summed E-state index contributed by atoms with van der Waals surface area (Å²) in [7, 11) is 0. The largest absolute Gasteiger partial charge is 0.350 e. The van der Waals surface area contributed by atoms with Crippen LogP contribution in [0.1, 0.15) is 37.0 Å². The van der Waals surface area contributed by atoms with Gasteiger partial charge in [0, 0.05) is 23.2 Å². The summed E-state index contributed by atoms with van der Waals surface area (Å²) in [6.45, 7) is 5.76. The summed E-state index contributed by atoms with van der Waals surface area (Å²) in [5.74, 6) is -0.0697. The lowest BCUT2D eigenvalue weighted by atomic mass is 10.0. The van der Waals surface area contributed by atoms with Crippen LogP contribution in [0.25, 0.3) is 0 Å². The van der Waals surface area contributed by atoms with Crippen LogP contribution >= 0.6 is 11.6 Å². The normalized spacial score (nSPS) is 18.7. The van der Waals surface area contributed by atoms with Crippen LogP contribution in [0.3, 0.4) is 0 Å². The van der Waals surface area contributed by atoms with E-state index >= 15 is 0 Å². The van der Waals surface area contributed by atoms with Gasteiger partial charge in [-0.3, -0.25) is 9.59 Å². The second-order valence-electron chi connectivity index (χ2n) is 6.36. The van der Waals surface area contributed by atoms with E-state index in [1.54, 1.807) is 24.3 Å². The highest BCUT2D eigenvalue weighted by Crippen LogP contribution is 2.11. The Kier molecular flexibility index (Phi) is 6.42. The molecule has 6 heteroatoms. The molecule has 23 heavy (non-hydrogen) atoms. The highest BCUT2D eigenvalue weighted by molar-refractivity contribution is 6.30. The van der Waals surface area contributed by atoms with E-state index in [2.05, 4.69) is 16.0 Å². The van der Waals surface area contributed by atoms with Gasteiger partial charge in [0.05, 0.1) is 0 Å². The molecule has 0 aliphatic carbocycles. The van der Waals surface area contributed by atoms with Crippen molar-refractivity contribution in [2.45, 2.75) is 38.8 Å². The monoisotopic (exact) mass is 337 g/mol. The maximum absolute atomic E-state index is 12.5. The molecule has 0 radical (unpaired) electrons. The number of hydrogen-bond donors (Lipinski definition) is 3. The molecular weight excluding hydrogens is 314 g/mol. The van der Waals surface area contributed by atoms with Gasteiger partial charge in [-0.1, -0.05) is 25.4 Å². The summed E-state index contributed by atoms with van der Waals surface area (Å²) in [6, 6.07) is 6.26. The van der Waals surface area contributed by atoms with Gasteiger partial charge in [0.15, 0.2) is 0 Å². The molecule has 2 atom stereocenters. The first-order chi connectivity index (χ1) is 11.0. The minimum atomic E-state index is -0.529. The lowest BCUT2D eigenvalue weighted by Gasteiger charge is -2.22. The average molecular weight is 338 g/mol. The summed E-state index contributed by atoms with van der Waals surface area (Å²) in [4.78, 5) is 24.8. The van der Waals surface area contributed by atoms with Crippen LogP contribution in [0.4, 0.5) is 0 Å². The molecule has 5 nitrogen and oxygen atoms in total. The minimum Gasteiger partial charge on any atom is -0.350 e. The van der Waals surface area contributed by atoms with Crippen LogP contribution in [0.15, 0.2) is 24.3 Å². The minimum absolute atomic E-state index is 0.116. The molecule has 1 heterocycles. The Labute approximate surface area is 142 Å². The molecule has 0 bridgehead atoms. The molecule has 2 amide bonds. The van der Waals surface area contributed by atoms with Crippen LogP contribution in [0, 0.1) is 5.92 Å². The van der Waals surface area contributed by atoms with Crippen molar-refractivity contribution < 1.29 is 9.59 Å². The number of carbonyl (C=O) groups is 2. The zero-order valence-electron chi connectivity index (χ0n) is 13.6. The quantitative estimate of drug-likeness (QED) is 0.743. The molecule has 1 aliphatic rings. The first kappa shape index (κ1) is 17.8. The van der Waals surface area contributed by atoms with Crippen molar-refractivity contribution in [1.82, 2.24) is 16.0 Å². The Morgan fingerprint density at radius 1 is 1.30 bits per heavy atom. The van der Waals surface area contributed by atoms with Crippen molar-refractivity contribution in [1.29, 1.82) is 0 Å². The predicted octanol–water partition coefficient (Wildman–Crippen LogP) is 1.96. The van der Waals surface area contributed by atoms with E-state index in [0.717, 1.165) is 19.5 Å². The van der Waals surface area contributed by atoms with Crippen molar-refractivity contribution >= 4 is 23.4 Å². The number of rotatable bonds is 6. The maximum Gasteiger partial charge on any atom is 0.251 e. The number of amides is 2. The molecule has 1 aromatic carbocycles. The van der Waals surface area contributed by atoms with E-state index in [9.17, 15) is 9.59 Å². The molecule has 126 valence electrons. The number of hydrogen-bond acceptors (Lipinski definition) is 3. The van der Waals surface area contributed by atoms with Gasteiger partial charge in [-0.15, -0.1) is 0 Å². The topological polar surface area (TPSA) is 70.2 Å². The summed E-state index contributed by atoms with van der Waals surface area (Å²) < 4.78 is 0. The number of halogens is 1. The van der Waals surface area contributed by atoms with E-state index in [4.69, 9.17) is 11.6 Å². The highest BCUT2D eigenvalue weighted by Gasteiger charge is 2.25. The van der Waals surface area contributed by atoms with E-state index in [0.29, 0.717) is 22.9 Å². The molecule has 1 saturated heterocycles. The second-order valence-corrected chi connectivity index (χ2v) is 6.80. The summed E-state index contributed by atoms with van der Waals surface area (Å²) >= 11 is 5.83. The van der Waals surface area contributed by atoms with Gasteiger partial charge in [0.1, 0.15) is 6.04 Å². The van der Waals surface area contributed by atoms with Gasteiger partial charge in [-0.25, -0.2) is 0 Å². The predicted molar refractivity (Wildman–Crippen MR) is 91.6 cm³/mol. The summed E-state index contributed by atoms with van der Waals surface area (Å²) in [5.41, 5.74) is 0.499. The molecule has 1 aromatic rings. The zero-order valence-corrected chi connectivity index (χ0v) is 14.3. The third-order valence-corrected chi connectivity index (χ3v) is 4.09. The molecule has 1 aliphatic heterocycles. The van der Waals surface area contributed by atoms with Crippen LogP contribution in [0.5, 0.6) is 0 Å². The van der Waals surface area contributed by atoms with Crippen LogP contribution in [-0.2, 0) is 4.79 Å². The standard InChI is InChI=1S/C17H24ClN3O2/c1-11(2)9-15(17(23)20-14-7-8-19-10-14)21-16(22)12-3-5-13(18)6-4-12/h3-6,11,14-15,19H,7-10H2,1-2H3,(H,20,23)(H,21,22). The molecule has 0 spiro atoms. The van der Waals surface area contributed by atoms with Crippen LogP contribution in [0.2, 0.25) is 5.02 Å². The average Bonchev–Trinajstić information content (AvgIpc) is 2.99. The van der Waals surface area contributed by atoms with Gasteiger partial charge in [-0.05, 0) is 49.6 Å². The SMILES string of the molecule is CC(C)CC(NC(=O)c1ccc(Cl)cc1)C(=O)NC1CCNC1. The van der Waals surface area contributed by atoms with Crippen molar-refractivity contribution in [3.8, 4) is 0 Å². The molecule has 2 rings (SSSR count). The Bertz CT molecular complexity index is 539. The van der Waals surface area contributed by atoms with Crippen LogP contribution < -0.4 is 16.0 Å². The first-order valence-electron chi connectivity index (χ1n) is 8.03. The first-order valence-corrected chi connectivity index (χ1v) is 8.41. The Balaban J connectivity index is 2.00.